The second-order valence-electron chi connectivity index (χ2n) is 9.41. The minimum atomic E-state index is -0.349. The molecule has 0 spiro atoms. The number of morpholine rings is 1. The van der Waals surface area contributed by atoms with E-state index in [2.05, 4.69) is 37.0 Å². The Hall–Kier alpha value is -4.00. The van der Waals surface area contributed by atoms with Gasteiger partial charge in [-0.3, -0.25) is 9.59 Å². The van der Waals surface area contributed by atoms with Crippen LogP contribution >= 0.6 is 31.9 Å². The van der Waals surface area contributed by atoms with Gasteiger partial charge in [0.15, 0.2) is 23.9 Å². The summed E-state index contributed by atoms with van der Waals surface area (Å²) in [6.07, 6.45) is 1.52. The number of ether oxygens (including phenoxy) is 3. The molecule has 1 saturated heterocycles. The Morgan fingerprint density at radius 3 is 2.69 bits per heavy atom. The largest absolute Gasteiger partial charge is 0.493 e. The fraction of sp³-hybridized carbons (Fsp3) is 0.200. The fourth-order valence-electron chi connectivity index (χ4n) is 4.60. The molecule has 214 valence electrons. The average Bonchev–Trinajstić information content (AvgIpc) is 3.43. The molecule has 0 saturated carbocycles. The quantitative estimate of drug-likeness (QED) is 0.208. The predicted molar refractivity (Wildman–Crippen MR) is 165 cm³/mol. The first-order valence-corrected chi connectivity index (χ1v) is 14.6. The molecule has 1 fully saturated rings. The molecule has 42 heavy (non-hydrogen) atoms. The van der Waals surface area contributed by atoms with Crippen molar-refractivity contribution in [2.24, 2.45) is 5.10 Å². The van der Waals surface area contributed by atoms with E-state index in [1.54, 1.807) is 35.2 Å². The van der Waals surface area contributed by atoms with Crippen molar-refractivity contribution in [1.82, 2.24) is 14.6 Å². The van der Waals surface area contributed by atoms with E-state index < -0.39 is 0 Å². The van der Waals surface area contributed by atoms with Crippen molar-refractivity contribution in [2.75, 3.05) is 40.0 Å². The second-order valence-corrected chi connectivity index (χ2v) is 11.2. The van der Waals surface area contributed by atoms with Crippen molar-refractivity contribution in [3.8, 4) is 23.1 Å². The predicted octanol–water partition coefficient (Wildman–Crippen LogP) is 5.46. The van der Waals surface area contributed by atoms with E-state index in [0.29, 0.717) is 70.1 Å². The van der Waals surface area contributed by atoms with Crippen molar-refractivity contribution in [1.29, 1.82) is 0 Å². The third kappa shape index (κ3) is 5.69. The van der Waals surface area contributed by atoms with Crippen LogP contribution in [0.4, 0.5) is 0 Å². The summed E-state index contributed by atoms with van der Waals surface area (Å²) in [7, 11) is 1.51. The van der Waals surface area contributed by atoms with Crippen molar-refractivity contribution in [3.63, 3.8) is 0 Å². The molecule has 10 nitrogen and oxygen atoms in total. The van der Waals surface area contributed by atoms with Crippen molar-refractivity contribution >= 4 is 65.9 Å². The minimum absolute atomic E-state index is 0.129. The number of halogens is 2. The highest BCUT2D eigenvalue weighted by Crippen LogP contribution is 2.33. The zero-order valence-electron chi connectivity index (χ0n) is 22.4. The number of hydrogen-bond donors (Lipinski definition) is 0. The van der Waals surface area contributed by atoms with Crippen LogP contribution in [0.3, 0.4) is 0 Å². The van der Waals surface area contributed by atoms with E-state index in [1.807, 2.05) is 30.3 Å². The van der Waals surface area contributed by atoms with Crippen LogP contribution in [-0.2, 0) is 9.53 Å². The van der Waals surface area contributed by atoms with Gasteiger partial charge in [0.25, 0.3) is 11.5 Å². The minimum Gasteiger partial charge on any atom is -0.493 e. The Labute approximate surface area is 256 Å². The van der Waals surface area contributed by atoms with Gasteiger partial charge in [-0.05, 0) is 64.5 Å². The van der Waals surface area contributed by atoms with Crippen LogP contribution in [0.25, 0.3) is 33.5 Å². The van der Waals surface area contributed by atoms with E-state index in [1.165, 1.54) is 18.0 Å². The highest BCUT2D eigenvalue weighted by Gasteiger charge is 2.20. The van der Waals surface area contributed by atoms with Crippen LogP contribution < -0.4 is 15.0 Å². The number of nitrogens with zero attached hydrogens (tertiary/aromatic N) is 4. The molecule has 6 rings (SSSR count). The van der Waals surface area contributed by atoms with Crippen LogP contribution in [0.15, 0.2) is 83.9 Å². The second kappa shape index (κ2) is 12.1. The summed E-state index contributed by atoms with van der Waals surface area (Å²) in [5, 5.41) is 5.81. The van der Waals surface area contributed by atoms with E-state index in [9.17, 15) is 9.59 Å². The van der Waals surface area contributed by atoms with Gasteiger partial charge in [-0.1, -0.05) is 28.1 Å². The molecule has 0 aliphatic carbocycles. The molecule has 0 bridgehead atoms. The molecule has 0 radical (unpaired) electrons. The van der Waals surface area contributed by atoms with Crippen molar-refractivity contribution in [2.45, 2.75) is 0 Å². The monoisotopic (exact) mass is 694 g/mol. The van der Waals surface area contributed by atoms with E-state index in [4.69, 9.17) is 23.6 Å². The topological polar surface area (TPSA) is 108 Å². The van der Waals surface area contributed by atoms with Crippen LogP contribution in [0.1, 0.15) is 5.56 Å². The Morgan fingerprint density at radius 1 is 1.07 bits per heavy atom. The lowest BCUT2D eigenvalue weighted by Crippen LogP contribution is -2.43. The highest BCUT2D eigenvalue weighted by atomic mass is 79.9. The highest BCUT2D eigenvalue weighted by molar-refractivity contribution is 9.10. The standard InChI is InChI=1S/C30H24Br2N4O6/c1-39-25-14-19(22(32)15-26(25)41-17-28(37)35-8-10-40-11-9-35)16-33-36-29(34-23-5-3-2-4-21(23)30(36)38)27-13-18-12-20(31)6-7-24(18)42-27/h2-7,12-16H,8-11,17H2,1H3. The van der Waals surface area contributed by atoms with Gasteiger partial charge in [0.2, 0.25) is 5.82 Å². The molecule has 3 heterocycles. The number of carbonyl (C=O) groups excluding carboxylic acids is 1. The molecule has 0 unspecified atom stereocenters. The summed E-state index contributed by atoms with van der Waals surface area (Å²) < 4.78 is 25.5. The lowest BCUT2D eigenvalue weighted by molar-refractivity contribution is -0.137. The SMILES string of the molecule is COc1cc(C=Nn2c(-c3cc4cc(Br)ccc4o3)nc3ccccc3c2=O)c(Br)cc1OCC(=O)N1CCOCC1. The number of furan rings is 1. The Kier molecular flexibility index (Phi) is 8.09. The Bertz CT molecular complexity index is 1890. The van der Waals surface area contributed by atoms with E-state index >= 15 is 0 Å². The summed E-state index contributed by atoms with van der Waals surface area (Å²) in [5.41, 5.74) is 1.44. The number of aromatic nitrogens is 2. The van der Waals surface area contributed by atoms with Gasteiger partial charge in [0, 0.05) is 33.0 Å². The van der Waals surface area contributed by atoms with Gasteiger partial charge in [0.05, 0.1) is 37.4 Å². The molecule has 12 heteroatoms. The molecule has 1 aliphatic rings. The normalized spacial score (nSPS) is 13.7. The molecular weight excluding hydrogens is 672 g/mol. The van der Waals surface area contributed by atoms with Crippen molar-refractivity contribution < 1.29 is 23.4 Å². The van der Waals surface area contributed by atoms with Gasteiger partial charge in [-0.25, -0.2) is 4.98 Å². The lowest BCUT2D eigenvalue weighted by atomic mass is 10.2. The third-order valence-corrected chi connectivity index (χ3v) is 7.94. The van der Waals surface area contributed by atoms with Gasteiger partial charge >= 0.3 is 0 Å². The van der Waals surface area contributed by atoms with Gasteiger partial charge in [-0.2, -0.15) is 9.78 Å². The van der Waals surface area contributed by atoms with Crippen LogP contribution in [-0.4, -0.2) is 66.7 Å². The summed E-state index contributed by atoms with van der Waals surface area (Å²) in [6, 6.07) is 18.0. The van der Waals surface area contributed by atoms with Crippen LogP contribution in [0.5, 0.6) is 11.5 Å². The Balaban J connectivity index is 1.35. The average molecular weight is 696 g/mol. The van der Waals surface area contributed by atoms with Gasteiger partial charge in [0.1, 0.15) is 5.58 Å². The summed E-state index contributed by atoms with van der Waals surface area (Å²) >= 11 is 7.04. The first kappa shape index (κ1) is 28.1. The fourth-order valence-corrected chi connectivity index (χ4v) is 5.40. The third-order valence-electron chi connectivity index (χ3n) is 6.76. The molecule has 0 N–H and O–H groups in total. The summed E-state index contributed by atoms with van der Waals surface area (Å²) in [5.74, 6) is 1.32. The molecule has 1 aliphatic heterocycles. The van der Waals surface area contributed by atoms with Crippen LogP contribution in [0.2, 0.25) is 0 Å². The first-order valence-electron chi connectivity index (χ1n) is 13.0. The molecule has 2 aromatic heterocycles. The smallest absolute Gasteiger partial charge is 0.282 e. The number of amides is 1. The first-order chi connectivity index (χ1) is 20.4. The van der Waals surface area contributed by atoms with Crippen LogP contribution in [0, 0.1) is 0 Å². The number of benzene rings is 3. The van der Waals surface area contributed by atoms with Crippen molar-refractivity contribution in [3.05, 3.63) is 85.5 Å². The number of hydrogen-bond acceptors (Lipinski definition) is 8. The number of fused-ring (bicyclic) bond motifs is 2. The maximum absolute atomic E-state index is 13.6. The zero-order chi connectivity index (χ0) is 29.2. The van der Waals surface area contributed by atoms with Gasteiger partial charge < -0.3 is 23.5 Å². The Morgan fingerprint density at radius 2 is 1.88 bits per heavy atom. The zero-order valence-corrected chi connectivity index (χ0v) is 25.6. The summed E-state index contributed by atoms with van der Waals surface area (Å²) in [6.45, 7) is 1.97. The maximum Gasteiger partial charge on any atom is 0.282 e. The number of rotatable bonds is 7. The molecule has 3 aromatic carbocycles. The number of carbonyl (C=O) groups is 1. The van der Waals surface area contributed by atoms with E-state index in [0.717, 1.165) is 9.86 Å². The lowest BCUT2D eigenvalue weighted by Gasteiger charge is -2.26. The maximum atomic E-state index is 13.6. The molecule has 0 atom stereocenters. The molecular formula is C30H24Br2N4O6. The number of para-hydroxylation sites is 1. The number of methoxy groups -OCH3 is 1. The molecule has 1 amide bonds. The van der Waals surface area contributed by atoms with Gasteiger partial charge in [-0.15, -0.1) is 0 Å². The molecule has 5 aromatic rings. The van der Waals surface area contributed by atoms with E-state index in [-0.39, 0.29) is 23.9 Å². The summed E-state index contributed by atoms with van der Waals surface area (Å²) in [4.78, 5) is 32.6.